The maximum Gasteiger partial charge on any atom is 0.342 e. The summed E-state index contributed by atoms with van der Waals surface area (Å²) in [5.74, 6) is -2.81. The standard InChI is InChI=1S/C11H13FN2O7/c12-7-2-9(14(20)21)6(10(18)19)1-8(7)13-11(3-15,4-16)5-17/h1-2,13,15-17H,3-5H2,(H,18,19). The number of nitro groups is 1. The van der Waals surface area contributed by atoms with Gasteiger partial charge in [0.25, 0.3) is 5.69 Å². The molecular weight excluding hydrogens is 291 g/mol. The molecule has 0 atom stereocenters. The van der Waals surface area contributed by atoms with Gasteiger partial charge in [-0.3, -0.25) is 10.1 Å². The lowest BCUT2D eigenvalue weighted by Crippen LogP contribution is -2.49. The number of rotatable bonds is 7. The topological polar surface area (TPSA) is 153 Å². The van der Waals surface area contributed by atoms with E-state index in [1.54, 1.807) is 0 Å². The highest BCUT2D eigenvalue weighted by Gasteiger charge is 2.31. The number of carboxylic acid groups (broad SMARTS) is 1. The number of nitro benzene ring substituents is 1. The Bertz CT molecular complexity index is 551. The second-order valence-corrected chi connectivity index (χ2v) is 4.29. The zero-order chi connectivity index (χ0) is 16.2. The molecule has 0 aliphatic rings. The van der Waals surface area contributed by atoms with E-state index in [0.717, 1.165) is 0 Å². The summed E-state index contributed by atoms with van der Waals surface area (Å²) in [6, 6.07) is 1.06. The Labute approximate surface area is 117 Å². The largest absolute Gasteiger partial charge is 0.477 e. The first-order chi connectivity index (χ1) is 9.80. The highest BCUT2D eigenvalue weighted by atomic mass is 19.1. The molecule has 116 valence electrons. The number of benzene rings is 1. The van der Waals surface area contributed by atoms with Gasteiger partial charge in [-0.1, -0.05) is 0 Å². The van der Waals surface area contributed by atoms with E-state index < -0.39 is 59.0 Å². The maximum atomic E-state index is 13.8. The van der Waals surface area contributed by atoms with Crippen LogP contribution in [0.3, 0.4) is 0 Å². The van der Waals surface area contributed by atoms with Crippen molar-refractivity contribution in [3.8, 4) is 0 Å². The summed E-state index contributed by atoms with van der Waals surface area (Å²) in [5.41, 5.74) is -3.91. The van der Waals surface area contributed by atoms with E-state index in [1.165, 1.54) is 0 Å². The molecule has 9 nitrogen and oxygen atoms in total. The number of aromatic carboxylic acids is 1. The Morgan fingerprint density at radius 3 is 2.19 bits per heavy atom. The van der Waals surface area contributed by atoms with Crippen LogP contribution >= 0.6 is 0 Å². The molecule has 10 heteroatoms. The van der Waals surface area contributed by atoms with Gasteiger partial charge in [0.2, 0.25) is 0 Å². The second kappa shape index (κ2) is 6.43. The molecule has 0 amide bonds. The summed E-state index contributed by atoms with van der Waals surface area (Å²) in [6.45, 7) is -2.34. The van der Waals surface area contributed by atoms with Crippen molar-refractivity contribution < 1.29 is 34.5 Å². The van der Waals surface area contributed by atoms with Crippen LogP contribution in [0.5, 0.6) is 0 Å². The predicted molar refractivity (Wildman–Crippen MR) is 67.6 cm³/mol. The van der Waals surface area contributed by atoms with Gasteiger partial charge < -0.3 is 25.7 Å². The van der Waals surface area contributed by atoms with Gasteiger partial charge in [-0.25, -0.2) is 9.18 Å². The number of anilines is 1. The zero-order valence-electron chi connectivity index (χ0n) is 10.6. The Morgan fingerprint density at radius 2 is 1.81 bits per heavy atom. The van der Waals surface area contributed by atoms with Crippen molar-refractivity contribution in [1.29, 1.82) is 0 Å². The van der Waals surface area contributed by atoms with Gasteiger partial charge in [0.15, 0.2) is 5.82 Å². The van der Waals surface area contributed by atoms with Gasteiger partial charge in [-0.2, -0.15) is 0 Å². The summed E-state index contributed by atoms with van der Waals surface area (Å²) < 4.78 is 13.8. The third-order valence-corrected chi connectivity index (χ3v) is 2.82. The van der Waals surface area contributed by atoms with E-state index in [1.807, 2.05) is 0 Å². The average molecular weight is 304 g/mol. The number of nitrogens with one attached hydrogen (secondary N) is 1. The summed E-state index contributed by atoms with van der Waals surface area (Å²) >= 11 is 0. The van der Waals surface area contributed by atoms with E-state index in [9.17, 15) is 19.3 Å². The number of carboxylic acids is 1. The van der Waals surface area contributed by atoms with Crippen molar-refractivity contribution in [2.75, 3.05) is 25.1 Å². The molecule has 0 aromatic heterocycles. The van der Waals surface area contributed by atoms with Gasteiger partial charge in [-0.15, -0.1) is 0 Å². The van der Waals surface area contributed by atoms with E-state index in [-0.39, 0.29) is 0 Å². The lowest BCUT2D eigenvalue weighted by molar-refractivity contribution is -0.385. The maximum absolute atomic E-state index is 13.8. The van der Waals surface area contributed by atoms with Crippen LogP contribution in [0.1, 0.15) is 10.4 Å². The minimum atomic E-state index is -1.70. The summed E-state index contributed by atoms with van der Waals surface area (Å²) in [7, 11) is 0. The number of hydrogen-bond donors (Lipinski definition) is 5. The lowest BCUT2D eigenvalue weighted by Gasteiger charge is -2.30. The first-order valence-corrected chi connectivity index (χ1v) is 5.62. The number of aliphatic hydroxyl groups excluding tert-OH is 3. The van der Waals surface area contributed by atoms with Gasteiger partial charge in [0.1, 0.15) is 11.1 Å². The number of nitrogens with zero attached hydrogens (tertiary/aromatic N) is 1. The van der Waals surface area contributed by atoms with Gasteiger partial charge in [0.05, 0.1) is 36.5 Å². The molecule has 1 aromatic rings. The molecule has 0 radical (unpaired) electrons. The first-order valence-electron chi connectivity index (χ1n) is 5.62. The van der Waals surface area contributed by atoms with Crippen LogP contribution in [-0.2, 0) is 0 Å². The van der Waals surface area contributed by atoms with Crippen LogP contribution in [0.15, 0.2) is 12.1 Å². The van der Waals surface area contributed by atoms with Crippen molar-refractivity contribution >= 4 is 17.3 Å². The fraction of sp³-hybridized carbons (Fsp3) is 0.364. The highest BCUT2D eigenvalue weighted by molar-refractivity contribution is 5.93. The molecule has 0 aliphatic carbocycles. The zero-order valence-corrected chi connectivity index (χ0v) is 10.6. The number of halogens is 1. The minimum Gasteiger partial charge on any atom is -0.477 e. The Kier molecular flexibility index (Phi) is 5.13. The molecule has 0 fully saturated rings. The van der Waals surface area contributed by atoms with Crippen molar-refractivity contribution in [1.82, 2.24) is 0 Å². The predicted octanol–water partition coefficient (Wildman–Crippen LogP) is -0.440. The van der Waals surface area contributed by atoms with E-state index >= 15 is 0 Å². The Balaban J connectivity index is 3.35. The summed E-state index contributed by atoms with van der Waals surface area (Å²) in [5, 5.41) is 49.2. The van der Waals surface area contributed by atoms with Gasteiger partial charge >= 0.3 is 5.97 Å². The normalized spacial score (nSPS) is 11.2. The summed E-state index contributed by atoms with van der Waals surface area (Å²) in [6.07, 6.45) is 0. The molecule has 0 bridgehead atoms. The quantitative estimate of drug-likeness (QED) is 0.335. The van der Waals surface area contributed by atoms with Crippen LogP contribution in [0.25, 0.3) is 0 Å². The minimum absolute atomic E-state index is 0.405. The monoisotopic (exact) mass is 304 g/mol. The molecule has 5 N–H and O–H groups in total. The molecule has 21 heavy (non-hydrogen) atoms. The van der Waals surface area contributed by atoms with E-state index in [4.69, 9.17) is 20.4 Å². The molecule has 1 aromatic carbocycles. The van der Waals surface area contributed by atoms with E-state index in [0.29, 0.717) is 12.1 Å². The Hall–Kier alpha value is -2.30. The van der Waals surface area contributed by atoms with Gasteiger partial charge in [0, 0.05) is 0 Å². The number of aliphatic hydroxyl groups is 3. The molecule has 0 spiro atoms. The van der Waals surface area contributed by atoms with Crippen molar-refractivity contribution in [2.45, 2.75) is 5.54 Å². The van der Waals surface area contributed by atoms with Crippen molar-refractivity contribution in [3.05, 3.63) is 33.6 Å². The third-order valence-electron chi connectivity index (χ3n) is 2.82. The fourth-order valence-corrected chi connectivity index (χ4v) is 1.54. The average Bonchev–Trinajstić information content (AvgIpc) is 2.45. The van der Waals surface area contributed by atoms with Crippen LogP contribution in [-0.4, -0.2) is 56.7 Å². The molecule has 0 unspecified atom stereocenters. The van der Waals surface area contributed by atoms with E-state index in [2.05, 4.69) is 5.32 Å². The van der Waals surface area contributed by atoms with Gasteiger partial charge in [-0.05, 0) is 6.07 Å². The molecule has 1 rings (SSSR count). The number of carbonyl (C=O) groups is 1. The van der Waals surface area contributed by atoms with Crippen LogP contribution in [0, 0.1) is 15.9 Å². The first kappa shape index (κ1) is 16.8. The molecular formula is C11H13FN2O7. The lowest BCUT2D eigenvalue weighted by atomic mass is 10.0. The van der Waals surface area contributed by atoms with Crippen LogP contribution < -0.4 is 5.32 Å². The molecule has 0 saturated carbocycles. The highest BCUT2D eigenvalue weighted by Crippen LogP contribution is 2.28. The smallest absolute Gasteiger partial charge is 0.342 e. The molecule has 0 saturated heterocycles. The molecule has 0 heterocycles. The fourth-order valence-electron chi connectivity index (χ4n) is 1.54. The molecule has 0 aliphatic heterocycles. The summed E-state index contributed by atoms with van der Waals surface area (Å²) in [4.78, 5) is 20.6. The van der Waals surface area contributed by atoms with Crippen molar-refractivity contribution in [2.24, 2.45) is 0 Å². The SMILES string of the molecule is O=C(O)c1cc(NC(CO)(CO)CO)c(F)cc1[N+](=O)[O-]. The second-order valence-electron chi connectivity index (χ2n) is 4.29. The number of hydrogen-bond acceptors (Lipinski definition) is 7. The third kappa shape index (κ3) is 3.42. The van der Waals surface area contributed by atoms with Crippen LogP contribution in [0.2, 0.25) is 0 Å². The van der Waals surface area contributed by atoms with Crippen molar-refractivity contribution in [3.63, 3.8) is 0 Å². The van der Waals surface area contributed by atoms with Crippen LogP contribution in [0.4, 0.5) is 15.8 Å². The Morgan fingerprint density at radius 1 is 1.29 bits per heavy atom.